The fourth-order valence-electron chi connectivity index (χ4n) is 4.88. The van der Waals surface area contributed by atoms with Gasteiger partial charge in [-0.3, -0.25) is 9.36 Å². The molecule has 4 heterocycles. The quantitative estimate of drug-likeness (QED) is 0.376. The lowest BCUT2D eigenvalue weighted by Gasteiger charge is -2.36. The third-order valence-electron chi connectivity index (χ3n) is 7.04. The molecule has 2 saturated heterocycles. The highest BCUT2D eigenvalue weighted by atomic mass is 19.3. The average molecular weight is 545 g/mol. The maximum Gasteiger partial charge on any atom is 0.296 e. The molecule has 3 aromatic rings. The molecule has 12 nitrogen and oxygen atoms in total. The van der Waals surface area contributed by atoms with Gasteiger partial charge >= 0.3 is 0 Å². The van der Waals surface area contributed by atoms with Crippen LogP contribution in [0.15, 0.2) is 24.3 Å². The first-order chi connectivity index (χ1) is 19.0. The number of unbranched alkanes of at least 4 members (excludes halogenated alkanes) is 1. The van der Waals surface area contributed by atoms with Gasteiger partial charge in [-0.25, -0.2) is 13.8 Å². The number of amides is 1. The molecule has 2 aromatic heterocycles. The van der Waals surface area contributed by atoms with Gasteiger partial charge in [0.1, 0.15) is 0 Å². The van der Waals surface area contributed by atoms with Crippen LogP contribution in [0.1, 0.15) is 31.5 Å². The maximum atomic E-state index is 14.1. The van der Waals surface area contributed by atoms with Gasteiger partial charge in [-0.2, -0.15) is 15.0 Å². The summed E-state index contributed by atoms with van der Waals surface area (Å²) in [5.74, 6) is 0.310. The summed E-state index contributed by atoms with van der Waals surface area (Å²) in [5.41, 5.74) is 12.6. The first kappa shape index (κ1) is 27.1. The molecular weight excluding hydrogens is 510 g/mol. The lowest BCUT2D eigenvalue weighted by Crippen LogP contribution is -2.53. The van der Waals surface area contributed by atoms with Crippen LogP contribution < -0.4 is 21.3 Å². The standard InChI is InChI=1S/C25H34F2N10O2/c26-20(27)21-30-18-6-1-2-7-19(18)37(21)25-32-23(31-24(33-25)36-13-15-39-16-14-36)35-11-9-34(10-12-35)22(38)17(29)5-3-4-8-28/h1-2,6-7,17,20H,3-5,8-16,28-29H2/t17-/m0/s1. The Balaban J connectivity index is 1.43. The van der Waals surface area contributed by atoms with E-state index in [0.29, 0.717) is 88.4 Å². The number of ether oxygens (including phenoxy) is 1. The molecule has 2 aliphatic rings. The molecule has 1 aromatic carbocycles. The van der Waals surface area contributed by atoms with E-state index in [1.54, 1.807) is 29.2 Å². The van der Waals surface area contributed by atoms with Crippen LogP contribution in [0.2, 0.25) is 0 Å². The molecule has 1 amide bonds. The number of halogens is 2. The number of anilines is 2. The summed E-state index contributed by atoms with van der Waals surface area (Å²) in [6.45, 7) is 4.59. The van der Waals surface area contributed by atoms with Crippen molar-refractivity contribution in [2.24, 2.45) is 11.5 Å². The van der Waals surface area contributed by atoms with E-state index < -0.39 is 18.3 Å². The van der Waals surface area contributed by atoms with Crippen LogP contribution in [0.5, 0.6) is 0 Å². The molecule has 1 atom stereocenters. The molecule has 14 heteroatoms. The smallest absolute Gasteiger partial charge is 0.296 e. The molecule has 0 bridgehead atoms. The predicted octanol–water partition coefficient (Wildman–Crippen LogP) is 1.09. The van der Waals surface area contributed by atoms with Crippen molar-refractivity contribution in [2.45, 2.75) is 31.7 Å². The Hall–Kier alpha value is -3.49. The van der Waals surface area contributed by atoms with Crippen LogP contribution >= 0.6 is 0 Å². The summed E-state index contributed by atoms with van der Waals surface area (Å²) >= 11 is 0. The average Bonchev–Trinajstić information content (AvgIpc) is 3.37. The first-order valence-corrected chi connectivity index (χ1v) is 13.3. The second-order valence-electron chi connectivity index (χ2n) is 9.63. The van der Waals surface area contributed by atoms with Crippen molar-refractivity contribution >= 4 is 28.8 Å². The molecule has 0 saturated carbocycles. The fourth-order valence-corrected chi connectivity index (χ4v) is 4.88. The number of rotatable bonds is 9. The normalized spacial score (nSPS) is 17.3. The van der Waals surface area contributed by atoms with Crippen molar-refractivity contribution in [1.29, 1.82) is 0 Å². The Bertz CT molecular complexity index is 1270. The van der Waals surface area contributed by atoms with Gasteiger partial charge in [-0.15, -0.1) is 0 Å². The van der Waals surface area contributed by atoms with E-state index in [1.807, 2.05) is 9.80 Å². The van der Waals surface area contributed by atoms with Crippen molar-refractivity contribution < 1.29 is 18.3 Å². The highest BCUT2D eigenvalue weighted by Gasteiger charge is 2.29. The lowest BCUT2D eigenvalue weighted by molar-refractivity contribution is -0.133. The number of benzene rings is 1. The number of hydrogen-bond acceptors (Lipinski definition) is 10. The van der Waals surface area contributed by atoms with Crippen molar-refractivity contribution in [2.75, 3.05) is 68.8 Å². The molecule has 4 N–H and O–H groups in total. The molecule has 0 unspecified atom stereocenters. The molecule has 0 spiro atoms. The number of carbonyl (C=O) groups excluding carboxylic acids is 1. The summed E-state index contributed by atoms with van der Waals surface area (Å²) in [5, 5.41) is 0. The van der Waals surface area contributed by atoms with Crippen molar-refractivity contribution in [3.8, 4) is 5.95 Å². The van der Waals surface area contributed by atoms with Gasteiger partial charge in [0.05, 0.1) is 30.3 Å². The zero-order valence-electron chi connectivity index (χ0n) is 21.8. The minimum Gasteiger partial charge on any atom is -0.378 e. The van der Waals surface area contributed by atoms with Crippen LogP contribution in [-0.2, 0) is 9.53 Å². The van der Waals surface area contributed by atoms with Gasteiger partial charge in [0, 0.05) is 39.3 Å². The van der Waals surface area contributed by atoms with Gasteiger partial charge in [0.15, 0.2) is 5.82 Å². The maximum absolute atomic E-state index is 14.1. The molecule has 5 rings (SSSR count). The molecule has 2 aliphatic heterocycles. The van der Waals surface area contributed by atoms with Crippen molar-refractivity contribution in [1.82, 2.24) is 29.4 Å². The lowest BCUT2D eigenvalue weighted by atomic mass is 10.1. The van der Waals surface area contributed by atoms with E-state index in [-0.39, 0.29) is 11.9 Å². The van der Waals surface area contributed by atoms with Crippen LogP contribution in [0.3, 0.4) is 0 Å². The van der Waals surface area contributed by atoms with Gasteiger partial charge in [0.2, 0.25) is 23.8 Å². The second-order valence-corrected chi connectivity index (χ2v) is 9.63. The molecule has 39 heavy (non-hydrogen) atoms. The summed E-state index contributed by atoms with van der Waals surface area (Å²) in [7, 11) is 0. The third kappa shape index (κ3) is 5.92. The van der Waals surface area contributed by atoms with Crippen molar-refractivity contribution in [3.63, 3.8) is 0 Å². The van der Waals surface area contributed by atoms with Gasteiger partial charge in [0.25, 0.3) is 6.43 Å². The number of aromatic nitrogens is 5. The zero-order chi connectivity index (χ0) is 27.4. The molecule has 210 valence electrons. The number of fused-ring (bicyclic) bond motifs is 1. The predicted molar refractivity (Wildman–Crippen MR) is 142 cm³/mol. The minimum atomic E-state index is -2.83. The number of hydrogen-bond donors (Lipinski definition) is 2. The number of carbonyl (C=O) groups is 1. The fraction of sp³-hybridized carbons (Fsp3) is 0.560. The van der Waals surface area contributed by atoms with Crippen LogP contribution in [0.4, 0.5) is 20.7 Å². The molecule has 2 fully saturated rings. The number of piperazine rings is 1. The topological polar surface area (TPSA) is 145 Å². The van der Waals surface area contributed by atoms with E-state index >= 15 is 0 Å². The van der Waals surface area contributed by atoms with Gasteiger partial charge in [-0.05, 0) is 31.5 Å². The Morgan fingerprint density at radius 1 is 0.897 bits per heavy atom. The van der Waals surface area contributed by atoms with E-state index in [9.17, 15) is 13.6 Å². The van der Waals surface area contributed by atoms with E-state index in [1.165, 1.54) is 4.57 Å². The Morgan fingerprint density at radius 2 is 1.54 bits per heavy atom. The summed E-state index contributed by atoms with van der Waals surface area (Å²) in [4.78, 5) is 36.6. The Kier molecular flexibility index (Phi) is 8.43. The van der Waals surface area contributed by atoms with E-state index in [0.717, 1.165) is 12.8 Å². The summed E-state index contributed by atoms with van der Waals surface area (Å²) in [6, 6.07) is 6.35. The van der Waals surface area contributed by atoms with E-state index in [4.69, 9.17) is 21.2 Å². The summed E-state index contributed by atoms with van der Waals surface area (Å²) in [6.07, 6.45) is -0.582. The SMILES string of the molecule is NCCCC[C@H](N)C(=O)N1CCN(c2nc(N3CCOCC3)nc(-n3c(C(F)F)nc4ccccc43)n2)CC1. The second kappa shape index (κ2) is 12.1. The first-order valence-electron chi connectivity index (χ1n) is 13.3. The van der Waals surface area contributed by atoms with E-state index in [2.05, 4.69) is 15.0 Å². The monoisotopic (exact) mass is 544 g/mol. The minimum absolute atomic E-state index is 0.0749. The number of morpholine rings is 1. The number of nitrogens with zero attached hydrogens (tertiary/aromatic N) is 8. The highest BCUT2D eigenvalue weighted by molar-refractivity contribution is 5.82. The number of nitrogens with two attached hydrogens (primary N) is 2. The Morgan fingerprint density at radius 3 is 2.21 bits per heavy atom. The molecule has 0 aliphatic carbocycles. The number of imidazole rings is 1. The number of para-hydroxylation sites is 2. The van der Waals surface area contributed by atoms with Gasteiger partial charge in [-0.1, -0.05) is 18.6 Å². The largest absolute Gasteiger partial charge is 0.378 e. The van der Waals surface area contributed by atoms with Crippen LogP contribution in [-0.4, -0.2) is 100 Å². The van der Waals surface area contributed by atoms with Crippen LogP contribution in [0.25, 0.3) is 17.0 Å². The molecule has 0 radical (unpaired) electrons. The number of alkyl halides is 2. The van der Waals surface area contributed by atoms with Crippen LogP contribution in [0, 0.1) is 0 Å². The summed E-state index contributed by atoms with van der Waals surface area (Å²) < 4.78 is 35.0. The van der Waals surface area contributed by atoms with Gasteiger partial charge < -0.3 is 30.9 Å². The Labute approximate surface area is 224 Å². The highest BCUT2D eigenvalue weighted by Crippen LogP contribution is 2.28. The van der Waals surface area contributed by atoms with Crippen molar-refractivity contribution in [3.05, 3.63) is 30.1 Å². The zero-order valence-corrected chi connectivity index (χ0v) is 21.8. The third-order valence-corrected chi connectivity index (χ3v) is 7.04. The molecular formula is C25H34F2N10O2.